The van der Waals surface area contributed by atoms with Crippen molar-refractivity contribution >= 4 is 11.6 Å². The molecular weight excluding hydrogens is 527 g/mol. The summed E-state index contributed by atoms with van der Waals surface area (Å²) >= 11 is 6.03. The van der Waals surface area contributed by atoms with Crippen LogP contribution in [0.3, 0.4) is 0 Å². The second kappa shape index (κ2) is 10.6. The molecule has 1 atom stereocenters. The fourth-order valence-corrected chi connectivity index (χ4v) is 4.32. The molecule has 0 unspecified atom stereocenters. The first kappa shape index (κ1) is 25.4. The maximum atomic E-state index is 15.2. The minimum absolute atomic E-state index is 0.0380. The topological polar surface area (TPSA) is 115 Å². The highest BCUT2D eigenvalue weighted by Crippen LogP contribution is 2.34. The number of hydrogen-bond donors (Lipinski definition) is 0. The molecule has 1 aromatic carbocycles. The highest BCUT2D eigenvalue weighted by Gasteiger charge is 2.26. The molecule has 5 rings (SSSR count). The van der Waals surface area contributed by atoms with Crippen molar-refractivity contribution in [1.82, 2.24) is 39.8 Å². The second-order valence-electron chi connectivity index (χ2n) is 8.12. The van der Waals surface area contributed by atoms with Crippen LogP contribution in [0.2, 0.25) is 5.02 Å². The molecule has 38 heavy (non-hydrogen) atoms. The van der Waals surface area contributed by atoms with Crippen molar-refractivity contribution in [1.29, 1.82) is 0 Å². The van der Waals surface area contributed by atoms with Gasteiger partial charge in [-0.25, -0.2) is 9.07 Å². The smallest absolute Gasteiger partial charge is 0.333 e. The Morgan fingerprint density at radius 3 is 2.68 bits per heavy atom. The summed E-state index contributed by atoms with van der Waals surface area (Å²) in [5, 5.41) is 32.1. The number of halogens is 4. The molecule has 196 valence electrons. The molecule has 0 amide bonds. The Kier molecular flexibility index (Phi) is 7.07. The van der Waals surface area contributed by atoms with Gasteiger partial charge in [0.2, 0.25) is 5.69 Å². The summed E-state index contributed by atoms with van der Waals surface area (Å²) in [6.45, 7) is -2.54. The van der Waals surface area contributed by atoms with Crippen LogP contribution >= 0.6 is 11.6 Å². The molecule has 4 heterocycles. The van der Waals surface area contributed by atoms with Gasteiger partial charge in [0.1, 0.15) is 12.4 Å². The Morgan fingerprint density at radius 1 is 1.13 bits per heavy atom. The summed E-state index contributed by atoms with van der Waals surface area (Å²) in [4.78, 5) is 0. The van der Waals surface area contributed by atoms with Gasteiger partial charge < -0.3 is 9.94 Å². The molecule has 0 saturated heterocycles. The molecule has 0 fully saturated rings. The van der Waals surface area contributed by atoms with Crippen molar-refractivity contribution in [2.24, 2.45) is 0 Å². The quantitative estimate of drug-likeness (QED) is 0.204. The van der Waals surface area contributed by atoms with E-state index >= 15 is 4.39 Å². The fourth-order valence-electron chi connectivity index (χ4n) is 4.16. The fraction of sp³-hybridized carbons (Fsp3) is 0.217. The van der Waals surface area contributed by atoms with Gasteiger partial charge in [0.05, 0.1) is 33.7 Å². The molecule has 0 aliphatic rings. The van der Waals surface area contributed by atoms with E-state index in [0.29, 0.717) is 21.4 Å². The van der Waals surface area contributed by atoms with Crippen LogP contribution in [-0.4, -0.2) is 53.5 Å². The number of nitrogens with zero attached hydrogens (tertiary/aromatic N) is 9. The third kappa shape index (κ3) is 4.70. The molecular formula is C23H19ClF3N9O2. The SMILES string of the molecule is COCC[C@@H](c1ccc(-c2c(-n3cnnn3)ccc(Cl)c2F)c[n+]1[O-])n1cc(-c2ccnn2C(F)F)cn1. The molecule has 0 aliphatic heterocycles. The van der Waals surface area contributed by atoms with Gasteiger partial charge in [-0.05, 0) is 34.7 Å². The van der Waals surface area contributed by atoms with Gasteiger partial charge in [-0.2, -0.15) is 28.4 Å². The van der Waals surface area contributed by atoms with Crippen molar-refractivity contribution in [3.63, 3.8) is 0 Å². The van der Waals surface area contributed by atoms with E-state index in [-0.39, 0.29) is 39.8 Å². The molecule has 15 heteroatoms. The van der Waals surface area contributed by atoms with Gasteiger partial charge in [-0.15, -0.1) is 5.10 Å². The highest BCUT2D eigenvalue weighted by molar-refractivity contribution is 6.31. The first-order valence-corrected chi connectivity index (χ1v) is 11.6. The Hall–Kier alpha value is -4.30. The lowest BCUT2D eigenvalue weighted by molar-refractivity contribution is -0.615. The molecule has 0 bridgehead atoms. The first-order chi connectivity index (χ1) is 18.4. The normalized spacial score (nSPS) is 12.4. The van der Waals surface area contributed by atoms with Gasteiger partial charge >= 0.3 is 6.55 Å². The molecule has 0 radical (unpaired) electrons. The van der Waals surface area contributed by atoms with Crippen LogP contribution < -0.4 is 4.73 Å². The number of hydrogen-bond acceptors (Lipinski definition) is 7. The van der Waals surface area contributed by atoms with E-state index in [2.05, 4.69) is 25.7 Å². The van der Waals surface area contributed by atoms with E-state index in [0.717, 1.165) is 0 Å². The Labute approximate surface area is 218 Å². The number of ether oxygens (including phenoxy) is 1. The standard InChI is InChI=1S/C23H19ClF3N9O2/c1-38-9-7-18(33-11-15(10-30-33)17-6-8-29-36(17)23(26)27)19-4-2-14(12-35(19)37)21-20(34-13-28-31-32-34)5-3-16(24)22(21)25/h2-6,8,10-13,18,23H,7,9H2,1H3/t18-/m0/s1. The third-order valence-electron chi connectivity index (χ3n) is 5.91. The highest BCUT2D eigenvalue weighted by atomic mass is 35.5. The zero-order valence-electron chi connectivity index (χ0n) is 19.7. The van der Waals surface area contributed by atoms with Gasteiger partial charge in [0.25, 0.3) is 0 Å². The van der Waals surface area contributed by atoms with Crippen LogP contribution in [0.5, 0.6) is 0 Å². The van der Waals surface area contributed by atoms with Crippen LogP contribution in [0.25, 0.3) is 28.1 Å². The Morgan fingerprint density at radius 2 is 1.97 bits per heavy atom. The zero-order valence-corrected chi connectivity index (χ0v) is 20.5. The van der Waals surface area contributed by atoms with Crippen LogP contribution in [0.4, 0.5) is 13.2 Å². The van der Waals surface area contributed by atoms with Crippen LogP contribution in [0.1, 0.15) is 24.7 Å². The monoisotopic (exact) mass is 545 g/mol. The van der Waals surface area contributed by atoms with E-state index in [1.165, 1.54) is 65.7 Å². The summed E-state index contributed by atoms with van der Waals surface area (Å²) in [7, 11) is 1.52. The Bertz CT molecular complexity index is 1560. The van der Waals surface area contributed by atoms with Crippen LogP contribution in [0, 0.1) is 11.0 Å². The van der Waals surface area contributed by atoms with Crippen molar-refractivity contribution in [3.8, 4) is 28.1 Å². The number of pyridine rings is 1. The lowest BCUT2D eigenvalue weighted by Crippen LogP contribution is -2.36. The average molecular weight is 546 g/mol. The molecule has 5 aromatic rings. The minimum Gasteiger partial charge on any atom is -0.618 e. The molecule has 0 spiro atoms. The number of methoxy groups -OCH3 is 1. The van der Waals surface area contributed by atoms with Crippen molar-refractivity contribution < 1.29 is 22.6 Å². The second-order valence-corrected chi connectivity index (χ2v) is 8.53. The molecule has 0 N–H and O–H groups in total. The number of benzene rings is 1. The zero-order chi connectivity index (χ0) is 26.8. The first-order valence-electron chi connectivity index (χ1n) is 11.2. The summed E-state index contributed by atoms with van der Waals surface area (Å²) < 4.78 is 50.9. The van der Waals surface area contributed by atoms with Crippen LogP contribution in [-0.2, 0) is 4.74 Å². The van der Waals surface area contributed by atoms with Gasteiger partial charge in [0, 0.05) is 44.2 Å². The third-order valence-corrected chi connectivity index (χ3v) is 6.20. The van der Waals surface area contributed by atoms with Gasteiger partial charge in [-0.3, -0.25) is 4.68 Å². The number of alkyl halides is 2. The predicted octanol–water partition coefficient (Wildman–Crippen LogP) is 3.84. The number of tetrazole rings is 1. The van der Waals surface area contributed by atoms with E-state index in [9.17, 15) is 14.0 Å². The Balaban J connectivity index is 1.55. The molecule has 11 nitrogen and oxygen atoms in total. The lowest BCUT2D eigenvalue weighted by Gasteiger charge is -2.18. The van der Waals surface area contributed by atoms with Gasteiger partial charge in [0.15, 0.2) is 12.0 Å². The van der Waals surface area contributed by atoms with E-state index in [4.69, 9.17) is 16.3 Å². The summed E-state index contributed by atoms with van der Waals surface area (Å²) in [5.74, 6) is -0.740. The summed E-state index contributed by atoms with van der Waals surface area (Å²) in [6, 6.07) is 6.84. The molecule has 0 saturated carbocycles. The largest absolute Gasteiger partial charge is 0.618 e. The van der Waals surface area contributed by atoms with Crippen molar-refractivity contribution in [3.05, 3.63) is 83.2 Å². The lowest BCUT2D eigenvalue weighted by atomic mass is 10.0. The minimum atomic E-state index is -2.82. The van der Waals surface area contributed by atoms with Crippen LogP contribution in [0.15, 0.2) is 61.4 Å². The number of aromatic nitrogens is 9. The maximum Gasteiger partial charge on any atom is 0.333 e. The van der Waals surface area contributed by atoms with Gasteiger partial charge in [-0.1, -0.05) is 11.6 Å². The van der Waals surface area contributed by atoms with E-state index in [1.807, 2.05) is 0 Å². The number of rotatable bonds is 9. The van der Waals surface area contributed by atoms with Crippen molar-refractivity contribution in [2.45, 2.75) is 19.0 Å². The van der Waals surface area contributed by atoms with E-state index in [1.54, 1.807) is 12.3 Å². The van der Waals surface area contributed by atoms with E-state index < -0.39 is 18.4 Å². The predicted molar refractivity (Wildman–Crippen MR) is 128 cm³/mol. The average Bonchev–Trinajstić information content (AvgIpc) is 3.68. The molecule has 4 aromatic heterocycles. The summed E-state index contributed by atoms with van der Waals surface area (Å²) in [6.07, 6.45) is 7.09. The molecule has 0 aliphatic carbocycles. The maximum absolute atomic E-state index is 15.2. The summed E-state index contributed by atoms with van der Waals surface area (Å²) in [5.41, 5.74) is 1.40. The van der Waals surface area contributed by atoms with Crippen molar-refractivity contribution in [2.75, 3.05) is 13.7 Å².